The van der Waals surface area contributed by atoms with E-state index < -0.39 is 23.9 Å². The van der Waals surface area contributed by atoms with Crippen LogP contribution in [0.5, 0.6) is 0 Å². The number of hydrogen-bond acceptors (Lipinski definition) is 5. The van der Waals surface area contributed by atoms with Gasteiger partial charge in [-0.05, 0) is 43.9 Å². The summed E-state index contributed by atoms with van der Waals surface area (Å²) in [5.74, 6) is -4.17. The zero-order valence-corrected chi connectivity index (χ0v) is 17.7. The number of halogens is 2. The van der Waals surface area contributed by atoms with Gasteiger partial charge in [0, 0.05) is 31.2 Å². The molecule has 0 aromatic heterocycles. The lowest BCUT2D eigenvalue weighted by molar-refractivity contribution is -0.149. The van der Waals surface area contributed by atoms with Gasteiger partial charge in [-0.15, -0.1) is 0 Å². The number of ether oxygens (including phenoxy) is 1. The highest BCUT2D eigenvalue weighted by atomic mass is 19.3. The van der Waals surface area contributed by atoms with Crippen molar-refractivity contribution in [3.05, 3.63) is 0 Å². The third-order valence-corrected chi connectivity index (χ3v) is 6.57. The van der Waals surface area contributed by atoms with Crippen molar-refractivity contribution in [2.24, 2.45) is 23.7 Å². The Balaban J connectivity index is 1.47. The zero-order chi connectivity index (χ0) is 22.4. The smallest absolute Gasteiger partial charge is 0.306 e. The second kappa shape index (κ2) is 10.4. The van der Waals surface area contributed by atoms with Gasteiger partial charge in [0.05, 0.1) is 19.1 Å². The lowest BCUT2D eigenvalue weighted by Gasteiger charge is -2.28. The first kappa shape index (κ1) is 23.4. The molecule has 3 fully saturated rings. The second-order valence-electron chi connectivity index (χ2n) is 9.27. The number of carbonyl (C=O) groups is 3. The molecule has 0 radical (unpaired) electrons. The topological polar surface area (TPSA) is 108 Å². The molecule has 0 aromatic rings. The summed E-state index contributed by atoms with van der Waals surface area (Å²) in [5.41, 5.74) is 0. The molecule has 2 amide bonds. The third-order valence-electron chi connectivity index (χ3n) is 6.57. The van der Waals surface area contributed by atoms with Gasteiger partial charge in [0.15, 0.2) is 0 Å². The predicted molar refractivity (Wildman–Crippen MR) is 107 cm³/mol. The number of nitriles is 1. The number of carbonyl (C=O) groups excluding carboxylic acids is 3. The van der Waals surface area contributed by atoms with E-state index in [-0.39, 0.29) is 55.9 Å². The monoisotopic (exact) mass is 439 g/mol. The summed E-state index contributed by atoms with van der Waals surface area (Å²) in [6.45, 7) is 0.675. The predicted octanol–water partition coefficient (Wildman–Crippen LogP) is 2.70. The average molecular weight is 440 g/mol. The van der Waals surface area contributed by atoms with Crippen LogP contribution < -0.4 is 10.6 Å². The Bertz CT molecular complexity index is 710. The number of esters is 1. The number of nitrogens with one attached hydrogen (secondary N) is 2. The van der Waals surface area contributed by atoms with E-state index in [0.29, 0.717) is 38.1 Å². The van der Waals surface area contributed by atoms with E-state index >= 15 is 0 Å². The second-order valence-corrected chi connectivity index (χ2v) is 9.27. The number of alkyl halides is 2. The summed E-state index contributed by atoms with van der Waals surface area (Å²) < 4.78 is 31.8. The van der Waals surface area contributed by atoms with E-state index in [9.17, 15) is 28.4 Å². The van der Waals surface area contributed by atoms with Crippen LogP contribution in [-0.4, -0.2) is 42.9 Å². The summed E-state index contributed by atoms with van der Waals surface area (Å²) in [6.07, 6.45) is 3.66. The Morgan fingerprint density at radius 1 is 1.16 bits per heavy atom. The molecule has 31 heavy (non-hydrogen) atoms. The van der Waals surface area contributed by atoms with Crippen molar-refractivity contribution >= 4 is 17.8 Å². The highest BCUT2D eigenvalue weighted by molar-refractivity contribution is 5.84. The molecular formula is C22H31F2N3O4. The minimum atomic E-state index is -2.62. The Labute approximate surface area is 181 Å². The van der Waals surface area contributed by atoms with Crippen LogP contribution in [0.3, 0.4) is 0 Å². The first-order valence-corrected chi connectivity index (χ1v) is 11.3. The number of amides is 2. The Morgan fingerprint density at radius 3 is 2.45 bits per heavy atom. The molecule has 1 aliphatic heterocycles. The van der Waals surface area contributed by atoms with Gasteiger partial charge in [0.25, 0.3) is 0 Å². The van der Waals surface area contributed by atoms with Crippen LogP contribution in [0, 0.1) is 35.0 Å². The Hall–Kier alpha value is -2.24. The minimum Gasteiger partial charge on any atom is -0.465 e. The molecule has 172 valence electrons. The van der Waals surface area contributed by atoms with Crippen LogP contribution in [-0.2, 0) is 19.1 Å². The van der Waals surface area contributed by atoms with Crippen LogP contribution in [0.2, 0.25) is 0 Å². The molecular weight excluding hydrogens is 408 g/mol. The zero-order valence-electron chi connectivity index (χ0n) is 17.7. The van der Waals surface area contributed by atoms with E-state index in [0.717, 1.165) is 12.8 Å². The van der Waals surface area contributed by atoms with Crippen LogP contribution in [0.4, 0.5) is 8.78 Å². The van der Waals surface area contributed by atoms with Crippen LogP contribution in [0.1, 0.15) is 64.2 Å². The van der Waals surface area contributed by atoms with Gasteiger partial charge < -0.3 is 15.4 Å². The first-order valence-electron chi connectivity index (χ1n) is 11.3. The fourth-order valence-corrected chi connectivity index (χ4v) is 4.36. The van der Waals surface area contributed by atoms with Gasteiger partial charge >= 0.3 is 5.97 Å². The first-order chi connectivity index (χ1) is 14.8. The largest absolute Gasteiger partial charge is 0.465 e. The van der Waals surface area contributed by atoms with Gasteiger partial charge in [0.1, 0.15) is 6.04 Å². The Morgan fingerprint density at radius 2 is 1.87 bits per heavy atom. The maximum absolute atomic E-state index is 13.3. The quantitative estimate of drug-likeness (QED) is 0.509. The van der Waals surface area contributed by atoms with Gasteiger partial charge in [-0.3, -0.25) is 14.4 Å². The van der Waals surface area contributed by atoms with Crippen molar-refractivity contribution in [1.82, 2.24) is 10.6 Å². The van der Waals surface area contributed by atoms with Crippen LogP contribution >= 0.6 is 0 Å². The SMILES string of the molecule is N#CC(CC1CCNC1=O)NC(=O)C(CC(=O)OCC1CCC(F)(F)CC1)CC1CC1. The molecule has 3 atom stereocenters. The molecule has 3 aliphatic rings. The molecule has 3 unspecified atom stereocenters. The molecule has 0 spiro atoms. The summed E-state index contributed by atoms with van der Waals surface area (Å²) in [6, 6.07) is 1.25. The van der Waals surface area contributed by atoms with Gasteiger partial charge in [-0.25, -0.2) is 8.78 Å². The lowest BCUT2D eigenvalue weighted by Crippen LogP contribution is -2.41. The summed E-state index contributed by atoms with van der Waals surface area (Å²) in [7, 11) is 0. The fourth-order valence-electron chi connectivity index (χ4n) is 4.36. The fraction of sp³-hybridized carbons (Fsp3) is 0.818. The molecule has 9 heteroatoms. The van der Waals surface area contributed by atoms with E-state index in [4.69, 9.17) is 4.74 Å². The molecule has 7 nitrogen and oxygen atoms in total. The molecule has 0 aromatic carbocycles. The van der Waals surface area contributed by atoms with Crippen molar-refractivity contribution in [2.75, 3.05) is 13.2 Å². The van der Waals surface area contributed by atoms with E-state index in [1.807, 2.05) is 6.07 Å². The molecule has 2 saturated carbocycles. The van der Waals surface area contributed by atoms with Gasteiger partial charge in [0.2, 0.25) is 17.7 Å². The molecule has 2 aliphatic carbocycles. The molecule has 2 N–H and O–H groups in total. The van der Waals surface area contributed by atoms with Crippen molar-refractivity contribution in [3.8, 4) is 6.07 Å². The molecule has 1 saturated heterocycles. The number of hydrogen-bond donors (Lipinski definition) is 2. The lowest BCUT2D eigenvalue weighted by atomic mass is 9.87. The van der Waals surface area contributed by atoms with Crippen molar-refractivity contribution in [1.29, 1.82) is 5.26 Å². The minimum absolute atomic E-state index is 0.0696. The molecule has 3 rings (SSSR count). The van der Waals surface area contributed by atoms with Crippen LogP contribution in [0.25, 0.3) is 0 Å². The van der Waals surface area contributed by atoms with E-state index in [1.165, 1.54) is 0 Å². The molecule has 1 heterocycles. The third kappa shape index (κ3) is 7.44. The summed E-state index contributed by atoms with van der Waals surface area (Å²) in [5, 5.41) is 14.8. The maximum atomic E-state index is 13.3. The highest BCUT2D eigenvalue weighted by Crippen LogP contribution is 2.37. The normalized spacial score (nSPS) is 25.2. The number of rotatable bonds is 10. The van der Waals surface area contributed by atoms with E-state index in [1.54, 1.807) is 0 Å². The molecule has 0 bridgehead atoms. The summed E-state index contributed by atoms with van der Waals surface area (Å²) in [4.78, 5) is 36.9. The summed E-state index contributed by atoms with van der Waals surface area (Å²) >= 11 is 0. The maximum Gasteiger partial charge on any atom is 0.306 e. The van der Waals surface area contributed by atoms with Gasteiger partial charge in [-0.2, -0.15) is 5.26 Å². The van der Waals surface area contributed by atoms with E-state index in [2.05, 4.69) is 10.6 Å². The van der Waals surface area contributed by atoms with Crippen molar-refractivity contribution in [3.63, 3.8) is 0 Å². The highest BCUT2D eigenvalue weighted by Gasteiger charge is 2.36. The van der Waals surface area contributed by atoms with Crippen molar-refractivity contribution < 1.29 is 27.9 Å². The van der Waals surface area contributed by atoms with Gasteiger partial charge in [-0.1, -0.05) is 12.8 Å². The van der Waals surface area contributed by atoms with Crippen LogP contribution in [0.15, 0.2) is 0 Å². The standard InChI is InChI=1S/C22H31F2N3O4/c23-22(24)6-3-15(4-7-22)13-31-19(28)11-17(9-14-1-2-14)21(30)27-18(12-25)10-16-5-8-26-20(16)29/h14-18H,1-11,13H2,(H,26,29)(H,27,30). The Kier molecular flexibility index (Phi) is 7.84. The number of nitrogens with zero attached hydrogens (tertiary/aromatic N) is 1. The average Bonchev–Trinajstić information content (AvgIpc) is 3.46. The van der Waals surface area contributed by atoms with Crippen molar-refractivity contribution in [2.45, 2.75) is 76.2 Å².